The number of fused-ring (bicyclic) bond motifs is 1. The van der Waals surface area contributed by atoms with Gasteiger partial charge >= 0.3 is 0 Å². The van der Waals surface area contributed by atoms with Crippen molar-refractivity contribution in [3.63, 3.8) is 0 Å². The number of nitrogens with zero attached hydrogens (tertiary/aromatic N) is 1. The van der Waals surface area contributed by atoms with Gasteiger partial charge in [0, 0.05) is 11.9 Å². The number of benzene rings is 2. The minimum absolute atomic E-state index is 0.603. The first-order chi connectivity index (χ1) is 10.2. The molecule has 0 saturated carbocycles. The van der Waals surface area contributed by atoms with Gasteiger partial charge in [-0.25, -0.2) is 0 Å². The van der Waals surface area contributed by atoms with Crippen molar-refractivity contribution in [2.45, 2.75) is 33.9 Å². The minimum atomic E-state index is 0.603. The van der Waals surface area contributed by atoms with Crippen LogP contribution in [0.25, 0.3) is 10.9 Å². The zero-order valence-corrected chi connectivity index (χ0v) is 12.9. The molecule has 2 aromatic carbocycles. The highest BCUT2D eigenvalue weighted by atomic mass is 16.5. The summed E-state index contributed by atoms with van der Waals surface area (Å²) in [6, 6.07) is 16.9. The summed E-state index contributed by atoms with van der Waals surface area (Å²) in [5.41, 5.74) is 5.08. The Kier molecular flexibility index (Phi) is 3.70. The number of rotatable bonds is 4. The molecule has 0 spiro atoms. The zero-order chi connectivity index (χ0) is 14.8. The van der Waals surface area contributed by atoms with E-state index in [9.17, 15) is 0 Å². The van der Waals surface area contributed by atoms with Crippen LogP contribution >= 0.6 is 0 Å². The lowest BCUT2D eigenvalue weighted by Gasteiger charge is -2.11. The van der Waals surface area contributed by atoms with E-state index in [-0.39, 0.29) is 0 Å². The van der Waals surface area contributed by atoms with Crippen LogP contribution in [0.3, 0.4) is 0 Å². The third kappa shape index (κ3) is 2.66. The molecule has 3 aromatic rings. The van der Waals surface area contributed by atoms with Gasteiger partial charge in [0.05, 0.1) is 11.2 Å². The summed E-state index contributed by atoms with van der Waals surface area (Å²) in [4.78, 5) is 0. The van der Waals surface area contributed by atoms with Gasteiger partial charge in [-0.1, -0.05) is 30.3 Å². The van der Waals surface area contributed by atoms with Gasteiger partial charge in [0.25, 0.3) is 0 Å². The number of aryl methyl sites for hydroxylation is 3. The fourth-order valence-corrected chi connectivity index (χ4v) is 2.91. The van der Waals surface area contributed by atoms with Gasteiger partial charge in [0.2, 0.25) is 0 Å². The summed E-state index contributed by atoms with van der Waals surface area (Å²) in [6.07, 6.45) is 0. The van der Waals surface area contributed by atoms with E-state index in [0.717, 1.165) is 12.3 Å². The molecule has 0 aliphatic heterocycles. The molecule has 21 heavy (non-hydrogen) atoms. The van der Waals surface area contributed by atoms with Gasteiger partial charge in [-0.05, 0) is 50.1 Å². The van der Waals surface area contributed by atoms with Crippen LogP contribution in [0.15, 0.2) is 48.5 Å². The molecule has 0 radical (unpaired) electrons. The van der Waals surface area contributed by atoms with Crippen LogP contribution < -0.4 is 4.74 Å². The molecule has 0 aliphatic carbocycles. The van der Waals surface area contributed by atoms with Gasteiger partial charge in [-0.3, -0.25) is 0 Å². The van der Waals surface area contributed by atoms with Crippen molar-refractivity contribution in [3.8, 4) is 5.75 Å². The topological polar surface area (TPSA) is 14.2 Å². The summed E-state index contributed by atoms with van der Waals surface area (Å²) >= 11 is 0. The Labute approximate surface area is 126 Å². The van der Waals surface area contributed by atoms with Crippen molar-refractivity contribution in [2.75, 3.05) is 0 Å². The Bertz CT molecular complexity index is 770. The molecule has 0 atom stereocenters. The van der Waals surface area contributed by atoms with Gasteiger partial charge in [-0.2, -0.15) is 0 Å². The third-order valence-electron chi connectivity index (χ3n) is 3.90. The van der Waals surface area contributed by atoms with Crippen LogP contribution in [-0.2, 0) is 13.2 Å². The maximum Gasteiger partial charge on any atom is 0.128 e. The van der Waals surface area contributed by atoms with Crippen LogP contribution in [0.2, 0.25) is 0 Å². The second kappa shape index (κ2) is 5.65. The maximum absolute atomic E-state index is 5.96. The molecule has 0 aliphatic rings. The van der Waals surface area contributed by atoms with Crippen molar-refractivity contribution in [2.24, 2.45) is 0 Å². The molecule has 3 rings (SSSR count). The van der Waals surface area contributed by atoms with Crippen LogP contribution in [0.4, 0.5) is 0 Å². The third-order valence-corrected chi connectivity index (χ3v) is 3.90. The number of aromatic nitrogens is 1. The smallest absolute Gasteiger partial charge is 0.128 e. The first-order valence-electron chi connectivity index (χ1n) is 7.46. The Balaban J connectivity index is 1.92. The van der Waals surface area contributed by atoms with Gasteiger partial charge < -0.3 is 9.30 Å². The predicted octanol–water partition coefficient (Wildman–Crippen LogP) is 4.86. The summed E-state index contributed by atoms with van der Waals surface area (Å²) in [5.74, 6) is 0.930. The van der Waals surface area contributed by atoms with Crippen LogP contribution in [0, 0.1) is 13.8 Å². The molecular formula is C19H21NO. The zero-order valence-electron chi connectivity index (χ0n) is 12.9. The Morgan fingerprint density at radius 1 is 1.00 bits per heavy atom. The van der Waals surface area contributed by atoms with Crippen molar-refractivity contribution in [3.05, 3.63) is 65.4 Å². The highest BCUT2D eigenvalue weighted by Crippen LogP contribution is 2.24. The Hall–Kier alpha value is -2.22. The molecule has 1 aromatic heterocycles. The molecule has 0 fully saturated rings. The van der Waals surface area contributed by atoms with Gasteiger partial charge in [-0.15, -0.1) is 0 Å². The number of para-hydroxylation sites is 1. The molecule has 1 heterocycles. The normalized spacial score (nSPS) is 11.0. The lowest BCUT2D eigenvalue weighted by atomic mass is 10.2. The first kappa shape index (κ1) is 13.7. The van der Waals surface area contributed by atoms with E-state index in [0.29, 0.717) is 6.61 Å². The average Bonchev–Trinajstić information content (AvgIpc) is 2.84. The molecule has 0 unspecified atom stereocenters. The Morgan fingerprint density at radius 3 is 2.57 bits per heavy atom. The van der Waals surface area contributed by atoms with Gasteiger partial charge in [0.1, 0.15) is 12.4 Å². The molecular weight excluding hydrogens is 258 g/mol. The summed E-state index contributed by atoms with van der Waals surface area (Å²) in [5, 5.41) is 1.29. The molecule has 0 N–H and O–H groups in total. The van der Waals surface area contributed by atoms with Crippen molar-refractivity contribution in [1.29, 1.82) is 0 Å². The van der Waals surface area contributed by atoms with E-state index < -0.39 is 0 Å². The SMILES string of the molecule is CCn1c(COc2cccc(C)c2)cc2cccc(C)c21. The monoisotopic (exact) mass is 279 g/mol. The van der Waals surface area contributed by atoms with E-state index >= 15 is 0 Å². The van der Waals surface area contributed by atoms with E-state index in [4.69, 9.17) is 4.74 Å². The summed E-state index contributed by atoms with van der Waals surface area (Å²) in [6.45, 7) is 7.99. The van der Waals surface area contributed by atoms with E-state index in [2.05, 4.69) is 61.7 Å². The molecule has 2 heteroatoms. The lowest BCUT2D eigenvalue weighted by molar-refractivity contribution is 0.296. The molecule has 0 bridgehead atoms. The van der Waals surface area contributed by atoms with E-state index in [1.54, 1.807) is 0 Å². The highest BCUT2D eigenvalue weighted by molar-refractivity contribution is 5.84. The maximum atomic E-state index is 5.96. The van der Waals surface area contributed by atoms with Crippen molar-refractivity contribution < 1.29 is 4.74 Å². The second-order valence-electron chi connectivity index (χ2n) is 5.50. The summed E-state index contributed by atoms with van der Waals surface area (Å²) in [7, 11) is 0. The molecule has 0 amide bonds. The fourth-order valence-electron chi connectivity index (χ4n) is 2.91. The predicted molar refractivity (Wildman–Crippen MR) is 87.9 cm³/mol. The second-order valence-corrected chi connectivity index (χ2v) is 5.50. The van der Waals surface area contributed by atoms with E-state index in [1.807, 2.05) is 12.1 Å². The van der Waals surface area contributed by atoms with Gasteiger partial charge in [0.15, 0.2) is 0 Å². The molecule has 2 nitrogen and oxygen atoms in total. The summed E-state index contributed by atoms with van der Waals surface area (Å²) < 4.78 is 8.31. The minimum Gasteiger partial charge on any atom is -0.487 e. The van der Waals surface area contributed by atoms with Crippen LogP contribution in [-0.4, -0.2) is 4.57 Å². The number of ether oxygens (including phenoxy) is 1. The Morgan fingerprint density at radius 2 is 1.81 bits per heavy atom. The van der Waals surface area contributed by atoms with Crippen molar-refractivity contribution in [1.82, 2.24) is 4.57 Å². The number of hydrogen-bond donors (Lipinski definition) is 0. The fraction of sp³-hybridized carbons (Fsp3) is 0.263. The molecule has 0 saturated heterocycles. The quantitative estimate of drug-likeness (QED) is 0.665. The van der Waals surface area contributed by atoms with Crippen molar-refractivity contribution >= 4 is 10.9 Å². The highest BCUT2D eigenvalue weighted by Gasteiger charge is 2.10. The average molecular weight is 279 g/mol. The van der Waals surface area contributed by atoms with Crippen LogP contribution in [0.1, 0.15) is 23.7 Å². The first-order valence-corrected chi connectivity index (χ1v) is 7.46. The lowest BCUT2D eigenvalue weighted by Crippen LogP contribution is -2.05. The molecule has 108 valence electrons. The van der Waals surface area contributed by atoms with Crippen LogP contribution in [0.5, 0.6) is 5.75 Å². The largest absolute Gasteiger partial charge is 0.487 e. The van der Waals surface area contributed by atoms with E-state index in [1.165, 1.54) is 27.7 Å². The standard InChI is InChI=1S/C19H21NO/c1-4-20-17(12-16-9-6-8-15(3)19(16)20)13-21-18-10-5-7-14(2)11-18/h5-12H,4,13H2,1-3H3. The number of hydrogen-bond acceptors (Lipinski definition) is 1.